The van der Waals surface area contributed by atoms with Crippen LogP contribution in [0.15, 0.2) is 61.2 Å². The van der Waals surface area contributed by atoms with Crippen molar-refractivity contribution in [3.05, 3.63) is 72.3 Å². The molecular formula is C19H18N4O4. The number of para-hydroxylation sites is 2. The second kappa shape index (κ2) is 7.69. The number of carbonyl (C=O) groups excluding carboxylic acids is 1. The van der Waals surface area contributed by atoms with E-state index in [2.05, 4.69) is 10.1 Å². The Kier molecular flexibility index (Phi) is 5.16. The van der Waals surface area contributed by atoms with Crippen molar-refractivity contribution in [2.75, 3.05) is 14.2 Å². The molecule has 0 spiro atoms. The molecule has 8 nitrogen and oxygen atoms in total. The van der Waals surface area contributed by atoms with E-state index in [9.17, 15) is 14.7 Å². The SMILES string of the molecule is COc1ccccc1-n1cc(C(=O)N(C)C(C(=O)O)c2cccnc2)cn1. The topological polar surface area (TPSA) is 97.5 Å². The second-order valence-corrected chi connectivity index (χ2v) is 5.79. The van der Waals surface area contributed by atoms with E-state index in [1.54, 1.807) is 43.8 Å². The Hall–Kier alpha value is -3.68. The van der Waals surface area contributed by atoms with Gasteiger partial charge in [-0.1, -0.05) is 18.2 Å². The molecule has 3 aromatic rings. The van der Waals surface area contributed by atoms with Crippen molar-refractivity contribution >= 4 is 11.9 Å². The number of aliphatic carboxylic acids is 1. The van der Waals surface area contributed by atoms with Crippen LogP contribution in [0.3, 0.4) is 0 Å². The molecule has 138 valence electrons. The number of hydrogen-bond acceptors (Lipinski definition) is 5. The van der Waals surface area contributed by atoms with Gasteiger partial charge in [0, 0.05) is 31.2 Å². The van der Waals surface area contributed by atoms with E-state index in [4.69, 9.17) is 4.74 Å². The Labute approximate surface area is 155 Å². The van der Waals surface area contributed by atoms with Crippen molar-refractivity contribution in [2.24, 2.45) is 0 Å². The van der Waals surface area contributed by atoms with Gasteiger partial charge in [-0.15, -0.1) is 0 Å². The minimum Gasteiger partial charge on any atom is -0.494 e. The highest BCUT2D eigenvalue weighted by Gasteiger charge is 2.29. The van der Waals surface area contributed by atoms with Crippen LogP contribution in [0.4, 0.5) is 0 Å². The minimum atomic E-state index is -1.15. The predicted molar refractivity (Wildman–Crippen MR) is 96.8 cm³/mol. The van der Waals surface area contributed by atoms with Crippen LogP contribution in [0.2, 0.25) is 0 Å². The van der Waals surface area contributed by atoms with E-state index >= 15 is 0 Å². The molecule has 2 aromatic heterocycles. The summed E-state index contributed by atoms with van der Waals surface area (Å²) in [6, 6.07) is 9.35. The van der Waals surface area contributed by atoms with Crippen LogP contribution in [-0.2, 0) is 4.79 Å². The third kappa shape index (κ3) is 3.64. The van der Waals surface area contributed by atoms with Crippen LogP contribution in [0.5, 0.6) is 5.75 Å². The molecule has 0 aliphatic heterocycles. The maximum Gasteiger partial charge on any atom is 0.331 e. The number of hydrogen-bond donors (Lipinski definition) is 1. The minimum absolute atomic E-state index is 0.263. The highest BCUT2D eigenvalue weighted by atomic mass is 16.5. The lowest BCUT2D eigenvalue weighted by Gasteiger charge is -2.24. The molecule has 8 heteroatoms. The smallest absolute Gasteiger partial charge is 0.331 e. The molecule has 1 N–H and O–H groups in total. The van der Waals surface area contributed by atoms with E-state index in [-0.39, 0.29) is 5.56 Å². The standard InChI is InChI=1S/C19H18N4O4/c1-22(17(19(25)26)13-6-5-9-20-10-13)18(24)14-11-21-23(12-14)15-7-3-4-8-16(15)27-2/h3-12,17H,1-2H3,(H,25,26). The number of pyridine rings is 1. The van der Waals surface area contributed by atoms with Gasteiger partial charge in [0.25, 0.3) is 5.91 Å². The van der Waals surface area contributed by atoms with Gasteiger partial charge < -0.3 is 14.7 Å². The Morgan fingerprint density at radius 1 is 1.19 bits per heavy atom. The summed E-state index contributed by atoms with van der Waals surface area (Å²) in [4.78, 5) is 29.6. The van der Waals surface area contributed by atoms with Crippen molar-refractivity contribution in [1.29, 1.82) is 0 Å². The van der Waals surface area contributed by atoms with Gasteiger partial charge in [0.05, 0.1) is 18.9 Å². The number of carbonyl (C=O) groups is 2. The first-order valence-corrected chi connectivity index (χ1v) is 8.11. The van der Waals surface area contributed by atoms with E-state index in [1.165, 1.54) is 24.1 Å². The molecule has 27 heavy (non-hydrogen) atoms. The number of nitrogens with zero attached hydrogens (tertiary/aromatic N) is 4. The Bertz CT molecular complexity index is 955. The fourth-order valence-electron chi connectivity index (χ4n) is 2.77. The van der Waals surface area contributed by atoms with E-state index in [0.717, 1.165) is 4.90 Å². The number of carboxylic acid groups (broad SMARTS) is 1. The lowest BCUT2D eigenvalue weighted by Crippen LogP contribution is -2.35. The van der Waals surface area contributed by atoms with Crippen molar-refractivity contribution in [1.82, 2.24) is 19.7 Å². The molecule has 3 rings (SSSR count). The van der Waals surface area contributed by atoms with Crippen LogP contribution < -0.4 is 4.74 Å². The summed E-state index contributed by atoms with van der Waals surface area (Å²) in [5, 5.41) is 13.8. The number of amides is 1. The summed E-state index contributed by atoms with van der Waals surface area (Å²) >= 11 is 0. The first-order chi connectivity index (χ1) is 13.0. The number of likely N-dealkylation sites (N-methyl/N-ethyl adjacent to an activating group) is 1. The largest absolute Gasteiger partial charge is 0.494 e. The van der Waals surface area contributed by atoms with Crippen LogP contribution in [0.1, 0.15) is 22.0 Å². The van der Waals surface area contributed by atoms with Crippen molar-refractivity contribution < 1.29 is 19.4 Å². The van der Waals surface area contributed by atoms with Crippen molar-refractivity contribution in [3.63, 3.8) is 0 Å². The van der Waals surface area contributed by atoms with Gasteiger partial charge in [0.15, 0.2) is 6.04 Å². The first-order valence-electron chi connectivity index (χ1n) is 8.11. The fraction of sp³-hybridized carbons (Fsp3) is 0.158. The lowest BCUT2D eigenvalue weighted by molar-refractivity contribution is -0.142. The number of methoxy groups -OCH3 is 1. The van der Waals surface area contributed by atoms with Crippen molar-refractivity contribution in [3.8, 4) is 11.4 Å². The zero-order chi connectivity index (χ0) is 19.4. The van der Waals surface area contributed by atoms with Crippen LogP contribution >= 0.6 is 0 Å². The number of aromatic nitrogens is 3. The normalized spacial score (nSPS) is 11.6. The Balaban J connectivity index is 1.89. The third-order valence-electron chi connectivity index (χ3n) is 4.10. The van der Waals surface area contributed by atoms with Crippen molar-refractivity contribution in [2.45, 2.75) is 6.04 Å². The van der Waals surface area contributed by atoms with Gasteiger partial charge in [-0.05, 0) is 18.2 Å². The molecule has 0 fully saturated rings. The summed E-state index contributed by atoms with van der Waals surface area (Å²) in [5.41, 5.74) is 1.35. The average molecular weight is 366 g/mol. The van der Waals surface area contributed by atoms with Gasteiger partial charge in [-0.25, -0.2) is 9.48 Å². The molecule has 1 amide bonds. The number of ether oxygens (including phenoxy) is 1. The molecule has 0 radical (unpaired) electrons. The van der Waals surface area contributed by atoms with E-state index in [1.807, 2.05) is 12.1 Å². The highest BCUT2D eigenvalue weighted by Crippen LogP contribution is 2.24. The van der Waals surface area contributed by atoms with Gasteiger partial charge >= 0.3 is 5.97 Å². The second-order valence-electron chi connectivity index (χ2n) is 5.79. The summed E-state index contributed by atoms with van der Waals surface area (Å²) < 4.78 is 6.82. The molecule has 1 atom stereocenters. The maximum atomic E-state index is 12.8. The van der Waals surface area contributed by atoms with Crippen LogP contribution in [0, 0.1) is 0 Å². The predicted octanol–water partition coefficient (Wildman–Crippen LogP) is 2.17. The maximum absolute atomic E-state index is 12.8. The number of benzene rings is 1. The molecular weight excluding hydrogens is 348 g/mol. The Morgan fingerprint density at radius 2 is 1.96 bits per heavy atom. The van der Waals surface area contributed by atoms with Gasteiger partial charge in [0.1, 0.15) is 11.4 Å². The zero-order valence-electron chi connectivity index (χ0n) is 14.8. The van der Waals surface area contributed by atoms with Gasteiger partial charge in [-0.2, -0.15) is 5.10 Å². The lowest BCUT2D eigenvalue weighted by atomic mass is 10.1. The molecule has 0 saturated carbocycles. The Morgan fingerprint density at radius 3 is 2.63 bits per heavy atom. The monoisotopic (exact) mass is 366 g/mol. The molecule has 0 aliphatic carbocycles. The van der Waals surface area contributed by atoms with E-state index < -0.39 is 17.9 Å². The first kappa shape index (κ1) is 18.1. The van der Waals surface area contributed by atoms with Gasteiger partial charge in [0.2, 0.25) is 0 Å². The number of rotatable bonds is 6. The van der Waals surface area contributed by atoms with E-state index in [0.29, 0.717) is 17.0 Å². The molecule has 1 unspecified atom stereocenters. The highest BCUT2D eigenvalue weighted by molar-refractivity contribution is 5.96. The summed E-state index contributed by atoms with van der Waals surface area (Å²) in [6.07, 6.45) is 5.91. The fourth-order valence-corrected chi connectivity index (χ4v) is 2.77. The zero-order valence-corrected chi connectivity index (χ0v) is 14.8. The quantitative estimate of drug-likeness (QED) is 0.718. The molecule has 0 aliphatic rings. The molecule has 2 heterocycles. The van der Waals surface area contributed by atoms with Gasteiger partial charge in [-0.3, -0.25) is 9.78 Å². The van der Waals surface area contributed by atoms with Crippen LogP contribution in [0.25, 0.3) is 5.69 Å². The molecule has 1 aromatic carbocycles. The summed E-state index contributed by atoms with van der Waals surface area (Å²) in [5.74, 6) is -1.00. The number of carboxylic acids is 1. The average Bonchev–Trinajstić information content (AvgIpc) is 3.18. The van der Waals surface area contributed by atoms with Crippen LogP contribution in [-0.4, -0.2) is 50.8 Å². The molecule has 0 saturated heterocycles. The third-order valence-corrected chi connectivity index (χ3v) is 4.10. The summed E-state index contributed by atoms with van der Waals surface area (Å²) in [6.45, 7) is 0. The summed E-state index contributed by atoms with van der Waals surface area (Å²) in [7, 11) is 2.99. The molecule has 0 bridgehead atoms.